The lowest BCUT2D eigenvalue weighted by Gasteiger charge is -2.27. The number of hydrogen-bond acceptors (Lipinski definition) is 7. The van der Waals surface area contributed by atoms with Gasteiger partial charge >= 0.3 is 5.97 Å². The predicted molar refractivity (Wildman–Crippen MR) is 144 cm³/mol. The molecule has 3 aromatic carbocycles. The van der Waals surface area contributed by atoms with Crippen LogP contribution in [0.4, 0.5) is 11.4 Å². The van der Waals surface area contributed by atoms with Crippen LogP contribution in [0.3, 0.4) is 0 Å². The number of imide groups is 1. The molecule has 39 heavy (non-hydrogen) atoms. The summed E-state index contributed by atoms with van der Waals surface area (Å²) in [6.45, 7) is 2.31. The van der Waals surface area contributed by atoms with Crippen molar-refractivity contribution in [1.82, 2.24) is 4.31 Å². The lowest BCUT2D eigenvalue weighted by Crippen LogP contribution is -2.45. The number of nitrogens with zero attached hydrogens (tertiary/aromatic N) is 2. The number of benzene rings is 3. The van der Waals surface area contributed by atoms with Gasteiger partial charge in [0.05, 0.1) is 17.0 Å². The molecule has 1 N–H and O–H groups in total. The van der Waals surface area contributed by atoms with E-state index in [1.807, 2.05) is 0 Å². The smallest absolute Gasteiger partial charge is 0.308 e. The number of hydrogen-bond donors (Lipinski definition) is 1. The molecule has 3 aromatic rings. The molecule has 1 atom stereocenters. The highest BCUT2D eigenvalue weighted by atomic mass is 35.5. The Balaban J connectivity index is 1.70. The van der Waals surface area contributed by atoms with Crippen LogP contribution in [0.1, 0.15) is 25.8 Å². The van der Waals surface area contributed by atoms with Gasteiger partial charge in [0, 0.05) is 31.1 Å². The standard InChI is InChI=1S/C27H24ClN3O7S/c1-17(32)29-20-7-13-23(14-8-20)39(36,37)30(16-19-5-3-4-6-24(19)28)25-15-26(34)31(27(25)35)21-9-11-22(12-10-21)38-18(2)33/h3-14,25H,15-16H2,1-2H3,(H,29,32). The van der Waals surface area contributed by atoms with Crippen molar-refractivity contribution in [3.05, 3.63) is 83.4 Å². The Morgan fingerprint density at radius 3 is 2.23 bits per heavy atom. The van der Waals surface area contributed by atoms with Crippen LogP contribution in [-0.2, 0) is 35.7 Å². The fourth-order valence-corrected chi connectivity index (χ4v) is 5.90. The second kappa shape index (κ2) is 11.4. The third-order valence-electron chi connectivity index (χ3n) is 5.89. The van der Waals surface area contributed by atoms with E-state index in [1.54, 1.807) is 24.3 Å². The molecule has 10 nitrogen and oxygen atoms in total. The third kappa shape index (κ3) is 6.17. The van der Waals surface area contributed by atoms with Gasteiger partial charge in [-0.25, -0.2) is 13.3 Å². The number of amides is 3. The van der Waals surface area contributed by atoms with E-state index >= 15 is 0 Å². The van der Waals surface area contributed by atoms with Crippen molar-refractivity contribution in [2.45, 2.75) is 37.8 Å². The number of ether oxygens (including phenoxy) is 1. The van der Waals surface area contributed by atoms with Crippen LogP contribution in [0, 0.1) is 0 Å². The first-order chi connectivity index (χ1) is 18.5. The molecular formula is C27H24ClN3O7S. The van der Waals surface area contributed by atoms with Crippen molar-refractivity contribution in [3.63, 3.8) is 0 Å². The zero-order valence-electron chi connectivity index (χ0n) is 21.0. The van der Waals surface area contributed by atoms with E-state index in [4.69, 9.17) is 16.3 Å². The summed E-state index contributed by atoms with van der Waals surface area (Å²) < 4.78 is 33.7. The van der Waals surface area contributed by atoms with Crippen molar-refractivity contribution in [1.29, 1.82) is 0 Å². The van der Waals surface area contributed by atoms with Crippen molar-refractivity contribution >= 4 is 56.7 Å². The summed E-state index contributed by atoms with van der Waals surface area (Å²) in [5.41, 5.74) is 1.05. The van der Waals surface area contributed by atoms with E-state index < -0.39 is 40.3 Å². The van der Waals surface area contributed by atoms with Gasteiger partial charge < -0.3 is 10.1 Å². The molecule has 0 spiro atoms. The molecule has 4 rings (SSSR count). The minimum Gasteiger partial charge on any atom is -0.427 e. The van der Waals surface area contributed by atoms with Gasteiger partial charge in [0.25, 0.3) is 5.91 Å². The molecule has 3 amide bonds. The molecule has 0 radical (unpaired) electrons. The second-order valence-electron chi connectivity index (χ2n) is 8.72. The van der Waals surface area contributed by atoms with Crippen LogP contribution in [0.5, 0.6) is 5.75 Å². The molecule has 202 valence electrons. The molecule has 1 aliphatic rings. The largest absolute Gasteiger partial charge is 0.427 e. The first-order valence-corrected chi connectivity index (χ1v) is 13.6. The number of sulfonamides is 1. The van der Waals surface area contributed by atoms with Crippen LogP contribution in [0.15, 0.2) is 77.7 Å². The summed E-state index contributed by atoms with van der Waals surface area (Å²) in [4.78, 5) is 49.9. The average molecular weight is 570 g/mol. The minimum absolute atomic E-state index is 0.131. The molecular weight excluding hydrogens is 546 g/mol. The minimum atomic E-state index is -4.32. The molecule has 1 fully saturated rings. The fourth-order valence-electron chi connectivity index (χ4n) is 4.15. The van der Waals surface area contributed by atoms with Crippen LogP contribution < -0.4 is 15.0 Å². The first-order valence-electron chi connectivity index (χ1n) is 11.8. The van der Waals surface area contributed by atoms with E-state index in [1.165, 1.54) is 62.4 Å². The Hall–Kier alpha value is -4.06. The van der Waals surface area contributed by atoms with Gasteiger partial charge in [-0.2, -0.15) is 4.31 Å². The van der Waals surface area contributed by atoms with Gasteiger partial charge in [0.2, 0.25) is 21.8 Å². The SMILES string of the molecule is CC(=O)Nc1ccc(S(=O)(=O)N(Cc2ccccc2Cl)C2CC(=O)N(c3ccc(OC(C)=O)cc3)C2=O)cc1. The van der Waals surface area contributed by atoms with Gasteiger partial charge in [-0.3, -0.25) is 19.2 Å². The number of carbonyl (C=O) groups is 4. The van der Waals surface area contributed by atoms with E-state index in [-0.39, 0.29) is 28.8 Å². The molecule has 0 saturated carbocycles. The maximum Gasteiger partial charge on any atom is 0.308 e. The van der Waals surface area contributed by atoms with Gasteiger partial charge in [-0.1, -0.05) is 29.8 Å². The molecule has 1 heterocycles. The molecule has 12 heteroatoms. The quantitative estimate of drug-likeness (QED) is 0.248. The van der Waals surface area contributed by atoms with E-state index in [0.29, 0.717) is 16.3 Å². The van der Waals surface area contributed by atoms with E-state index in [9.17, 15) is 27.6 Å². The monoisotopic (exact) mass is 569 g/mol. The summed E-state index contributed by atoms with van der Waals surface area (Å²) in [5.74, 6) is -1.94. The van der Waals surface area contributed by atoms with Crippen LogP contribution >= 0.6 is 11.6 Å². The maximum absolute atomic E-state index is 13.9. The number of rotatable bonds is 8. The average Bonchev–Trinajstić information content (AvgIpc) is 3.16. The zero-order valence-corrected chi connectivity index (χ0v) is 22.5. The van der Waals surface area contributed by atoms with Crippen LogP contribution in [0.2, 0.25) is 5.02 Å². The second-order valence-corrected chi connectivity index (χ2v) is 11.0. The lowest BCUT2D eigenvalue weighted by atomic mass is 10.2. The summed E-state index contributed by atoms with van der Waals surface area (Å²) in [6, 6.07) is 16.5. The van der Waals surface area contributed by atoms with E-state index in [2.05, 4.69) is 5.32 Å². The molecule has 1 unspecified atom stereocenters. The van der Waals surface area contributed by atoms with Crippen molar-refractivity contribution in [2.75, 3.05) is 10.2 Å². The molecule has 0 aromatic heterocycles. The fraction of sp³-hybridized carbons (Fsp3) is 0.185. The predicted octanol–water partition coefficient (Wildman–Crippen LogP) is 3.75. The van der Waals surface area contributed by atoms with Crippen LogP contribution in [0.25, 0.3) is 0 Å². The third-order valence-corrected chi connectivity index (χ3v) is 8.13. The van der Waals surface area contributed by atoms with Gasteiger partial charge in [0.15, 0.2) is 0 Å². The normalized spacial score (nSPS) is 15.5. The zero-order chi connectivity index (χ0) is 28.3. The molecule has 0 bridgehead atoms. The number of nitrogens with one attached hydrogen (secondary N) is 1. The lowest BCUT2D eigenvalue weighted by molar-refractivity contribution is -0.132. The molecule has 1 saturated heterocycles. The number of anilines is 2. The number of esters is 1. The van der Waals surface area contributed by atoms with Gasteiger partial charge in [-0.15, -0.1) is 0 Å². The Labute approximate surface area is 230 Å². The first kappa shape index (κ1) is 28.0. The molecule has 0 aliphatic carbocycles. The highest BCUT2D eigenvalue weighted by molar-refractivity contribution is 7.89. The topological polar surface area (TPSA) is 130 Å². The summed E-state index contributed by atoms with van der Waals surface area (Å²) in [5, 5.41) is 2.87. The summed E-state index contributed by atoms with van der Waals surface area (Å²) in [7, 11) is -4.32. The van der Waals surface area contributed by atoms with Gasteiger partial charge in [0.1, 0.15) is 11.8 Å². The highest BCUT2D eigenvalue weighted by Crippen LogP contribution is 2.32. The Bertz CT molecular complexity index is 1540. The summed E-state index contributed by atoms with van der Waals surface area (Å²) >= 11 is 6.32. The number of carbonyl (C=O) groups excluding carboxylic acids is 4. The molecule has 1 aliphatic heterocycles. The van der Waals surface area contributed by atoms with Crippen molar-refractivity contribution < 1.29 is 32.3 Å². The maximum atomic E-state index is 13.9. The Morgan fingerprint density at radius 2 is 1.64 bits per heavy atom. The summed E-state index contributed by atoms with van der Waals surface area (Å²) in [6.07, 6.45) is -0.391. The highest BCUT2D eigenvalue weighted by Gasteiger charge is 2.47. The van der Waals surface area contributed by atoms with E-state index in [0.717, 1.165) is 9.21 Å². The Kier molecular flexibility index (Phi) is 8.14. The Morgan fingerprint density at radius 1 is 1.00 bits per heavy atom. The van der Waals surface area contributed by atoms with Gasteiger partial charge in [-0.05, 0) is 60.2 Å². The van der Waals surface area contributed by atoms with Crippen LogP contribution in [-0.4, -0.2) is 42.5 Å². The van der Waals surface area contributed by atoms with Crippen molar-refractivity contribution in [2.24, 2.45) is 0 Å². The number of halogens is 1. The van der Waals surface area contributed by atoms with Crippen molar-refractivity contribution in [3.8, 4) is 5.75 Å².